The third kappa shape index (κ3) is 1.82. The Morgan fingerprint density at radius 2 is 2.21 bits per heavy atom. The summed E-state index contributed by atoms with van der Waals surface area (Å²) in [6, 6.07) is 0.489. The van der Waals surface area contributed by atoms with Crippen molar-refractivity contribution in [3.05, 3.63) is 18.2 Å². The molecule has 1 saturated heterocycles. The van der Waals surface area contributed by atoms with Crippen molar-refractivity contribution in [3.8, 4) is 0 Å². The van der Waals surface area contributed by atoms with Crippen LogP contribution in [0.2, 0.25) is 0 Å². The molecular formula is C9H13FN4. The Kier molecular flexibility index (Phi) is 2.58. The molecule has 2 rings (SSSR count). The van der Waals surface area contributed by atoms with Crippen LogP contribution in [0.4, 0.5) is 10.3 Å². The first-order valence-electron chi connectivity index (χ1n) is 4.69. The summed E-state index contributed by atoms with van der Waals surface area (Å²) in [7, 11) is 1.94. The Labute approximate surface area is 82.2 Å². The first-order valence-corrected chi connectivity index (χ1v) is 4.69. The standard InChI is InChI=1S/C9H13FN4/c1-11-8-2-3-14(6-8)9-12-4-7(10)5-13-9/h4-5,8,11H,2-3,6H2,1H3/t8-/m1/s1. The van der Waals surface area contributed by atoms with E-state index in [1.54, 1.807) is 0 Å². The van der Waals surface area contributed by atoms with Crippen LogP contribution in [0.15, 0.2) is 12.4 Å². The molecule has 1 fully saturated rings. The molecule has 1 aliphatic rings. The van der Waals surface area contributed by atoms with Crippen molar-refractivity contribution in [2.75, 3.05) is 25.0 Å². The average Bonchev–Trinajstić information content (AvgIpc) is 2.67. The van der Waals surface area contributed by atoms with E-state index in [0.717, 1.165) is 19.5 Å². The summed E-state index contributed by atoms with van der Waals surface area (Å²) in [6.07, 6.45) is 3.49. The third-order valence-electron chi connectivity index (χ3n) is 2.49. The number of nitrogens with one attached hydrogen (secondary N) is 1. The lowest BCUT2D eigenvalue weighted by molar-refractivity contribution is 0.608. The van der Waals surface area contributed by atoms with Gasteiger partial charge in [0.2, 0.25) is 5.95 Å². The van der Waals surface area contributed by atoms with E-state index in [-0.39, 0.29) is 0 Å². The Hall–Kier alpha value is -1.23. The summed E-state index contributed by atoms with van der Waals surface area (Å²) in [4.78, 5) is 9.94. The molecule has 0 spiro atoms. The minimum absolute atomic E-state index is 0.391. The van der Waals surface area contributed by atoms with Gasteiger partial charge < -0.3 is 10.2 Å². The topological polar surface area (TPSA) is 41.0 Å². The third-order valence-corrected chi connectivity index (χ3v) is 2.49. The summed E-state index contributed by atoms with van der Waals surface area (Å²) < 4.78 is 12.6. The van der Waals surface area contributed by atoms with E-state index >= 15 is 0 Å². The van der Waals surface area contributed by atoms with Crippen LogP contribution in [0.1, 0.15) is 6.42 Å². The van der Waals surface area contributed by atoms with Gasteiger partial charge in [-0.15, -0.1) is 0 Å². The number of anilines is 1. The second kappa shape index (κ2) is 3.88. The van der Waals surface area contributed by atoms with Crippen LogP contribution in [0.3, 0.4) is 0 Å². The lowest BCUT2D eigenvalue weighted by Crippen LogP contribution is -2.30. The van der Waals surface area contributed by atoms with Gasteiger partial charge in [-0.05, 0) is 13.5 Å². The average molecular weight is 196 g/mol. The summed E-state index contributed by atoms with van der Waals surface area (Å²) in [5.74, 6) is 0.224. The maximum Gasteiger partial charge on any atom is 0.225 e. The maximum atomic E-state index is 12.6. The summed E-state index contributed by atoms with van der Waals surface area (Å²) in [6.45, 7) is 1.82. The minimum Gasteiger partial charge on any atom is -0.339 e. The van der Waals surface area contributed by atoms with Gasteiger partial charge in [-0.1, -0.05) is 0 Å². The Bertz CT molecular complexity index is 300. The molecule has 1 atom stereocenters. The van der Waals surface area contributed by atoms with Gasteiger partial charge in [0.1, 0.15) is 0 Å². The first-order chi connectivity index (χ1) is 6.79. The summed E-state index contributed by atoms with van der Waals surface area (Å²) in [5.41, 5.74) is 0. The van der Waals surface area contributed by atoms with Gasteiger partial charge in [-0.25, -0.2) is 14.4 Å². The number of hydrogen-bond acceptors (Lipinski definition) is 4. The van der Waals surface area contributed by atoms with Gasteiger partial charge in [0.25, 0.3) is 0 Å². The molecule has 1 aromatic rings. The van der Waals surface area contributed by atoms with E-state index in [1.165, 1.54) is 12.4 Å². The lowest BCUT2D eigenvalue weighted by atomic mass is 10.3. The predicted octanol–water partition coefficient (Wildman–Crippen LogP) is 0.414. The molecule has 1 N–H and O–H groups in total. The van der Waals surface area contributed by atoms with Crippen LogP contribution in [-0.2, 0) is 0 Å². The molecule has 0 radical (unpaired) electrons. The van der Waals surface area contributed by atoms with Crippen LogP contribution < -0.4 is 10.2 Å². The van der Waals surface area contributed by atoms with Crippen molar-refractivity contribution in [1.29, 1.82) is 0 Å². The number of halogens is 1. The fourth-order valence-corrected chi connectivity index (χ4v) is 1.65. The zero-order valence-corrected chi connectivity index (χ0v) is 8.07. The van der Waals surface area contributed by atoms with Crippen molar-refractivity contribution in [2.24, 2.45) is 0 Å². The van der Waals surface area contributed by atoms with Crippen LogP contribution in [-0.4, -0.2) is 36.1 Å². The normalized spacial score (nSPS) is 21.6. The van der Waals surface area contributed by atoms with E-state index in [2.05, 4.69) is 20.2 Å². The molecule has 0 unspecified atom stereocenters. The van der Waals surface area contributed by atoms with Gasteiger partial charge in [0.05, 0.1) is 12.4 Å². The summed E-state index contributed by atoms with van der Waals surface area (Å²) >= 11 is 0. The molecule has 1 aromatic heterocycles. The first kappa shape index (κ1) is 9.33. The minimum atomic E-state index is -0.391. The summed E-state index contributed by atoms with van der Waals surface area (Å²) in [5, 5.41) is 3.20. The highest BCUT2D eigenvalue weighted by atomic mass is 19.1. The molecule has 1 aliphatic heterocycles. The van der Waals surface area contributed by atoms with E-state index in [9.17, 15) is 4.39 Å². The smallest absolute Gasteiger partial charge is 0.225 e. The van der Waals surface area contributed by atoms with Crippen molar-refractivity contribution >= 4 is 5.95 Å². The number of rotatable bonds is 2. The molecule has 5 heteroatoms. The van der Waals surface area contributed by atoms with Gasteiger partial charge in [-0.3, -0.25) is 0 Å². The maximum absolute atomic E-state index is 12.6. The molecule has 0 saturated carbocycles. The second-order valence-electron chi connectivity index (χ2n) is 3.42. The molecule has 0 bridgehead atoms. The van der Waals surface area contributed by atoms with Gasteiger partial charge in [0, 0.05) is 19.1 Å². The fraction of sp³-hybridized carbons (Fsp3) is 0.556. The lowest BCUT2D eigenvalue weighted by Gasteiger charge is -2.15. The molecule has 0 amide bonds. The predicted molar refractivity (Wildman–Crippen MR) is 51.7 cm³/mol. The fourth-order valence-electron chi connectivity index (χ4n) is 1.65. The van der Waals surface area contributed by atoms with Crippen LogP contribution in [0.5, 0.6) is 0 Å². The van der Waals surface area contributed by atoms with Crippen molar-refractivity contribution in [2.45, 2.75) is 12.5 Å². The Morgan fingerprint density at radius 1 is 1.50 bits per heavy atom. The highest BCUT2D eigenvalue weighted by molar-refractivity contribution is 5.31. The monoisotopic (exact) mass is 196 g/mol. The van der Waals surface area contributed by atoms with Crippen molar-refractivity contribution in [1.82, 2.24) is 15.3 Å². The quantitative estimate of drug-likeness (QED) is 0.744. The highest BCUT2D eigenvalue weighted by Gasteiger charge is 2.22. The van der Waals surface area contributed by atoms with Crippen LogP contribution in [0.25, 0.3) is 0 Å². The number of aromatic nitrogens is 2. The van der Waals surface area contributed by atoms with Crippen molar-refractivity contribution < 1.29 is 4.39 Å². The number of hydrogen-bond donors (Lipinski definition) is 1. The van der Waals surface area contributed by atoms with Crippen LogP contribution in [0, 0.1) is 5.82 Å². The second-order valence-corrected chi connectivity index (χ2v) is 3.42. The molecule has 14 heavy (non-hydrogen) atoms. The highest BCUT2D eigenvalue weighted by Crippen LogP contribution is 2.14. The molecule has 2 heterocycles. The Balaban J connectivity index is 2.06. The number of likely N-dealkylation sites (N-methyl/N-ethyl adjacent to an activating group) is 1. The van der Waals surface area contributed by atoms with E-state index in [0.29, 0.717) is 12.0 Å². The number of nitrogens with zero attached hydrogens (tertiary/aromatic N) is 3. The zero-order chi connectivity index (χ0) is 9.97. The van der Waals surface area contributed by atoms with Crippen LogP contribution >= 0.6 is 0 Å². The largest absolute Gasteiger partial charge is 0.339 e. The Morgan fingerprint density at radius 3 is 2.79 bits per heavy atom. The molecule has 4 nitrogen and oxygen atoms in total. The SMILES string of the molecule is CN[C@@H]1CCN(c2ncc(F)cn2)C1. The van der Waals surface area contributed by atoms with Gasteiger partial charge in [0.15, 0.2) is 5.82 Å². The molecule has 0 aromatic carbocycles. The van der Waals surface area contributed by atoms with E-state index < -0.39 is 5.82 Å². The van der Waals surface area contributed by atoms with E-state index in [4.69, 9.17) is 0 Å². The van der Waals surface area contributed by atoms with Crippen molar-refractivity contribution in [3.63, 3.8) is 0 Å². The molecule has 0 aliphatic carbocycles. The van der Waals surface area contributed by atoms with E-state index in [1.807, 2.05) is 7.05 Å². The van der Waals surface area contributed by atoms with Gasteiger partial charge >= 0.3 is 0 Å². The van der Waals surface area contributed by atoms with Gasteiger partial charge in [-0.2, -0.15) is 0 Å². The zero-order valence-electron chi connectivity index (χ0n) is 8.07. The molecule has 76 valence electrons. The molecular weight excluding hydrogens is 183 g/mol.